The summed E-state index contributed by atoms with van der Waals surface area (Å²) in [4.78, 5) is 0. The molecule has 0 N–H and O–H groups in total. The Bertz CT molecular complexity index is 1180. The van der Waals surface area contributed by atoms with Gasteiger partial charge in [-0.05, 0) is 42.5 Å². The van der Waals surface area contributed by atoms with Crippen LogP contribution >= 0.6 is 31.9 Å². The highest BCUT2D eigenvalue weighted by Crippen LogP contribution is 2.58. The van der Waals surface area contributed by atoms with Crippen LogP contribution in [0, 0.1) is 0 Å². The summed E-state index contributed by atoms with van der Waals surface area (Å²) in [5.74, 6) is 3.50. The van der Waals surface area contributed by atoms with Crippen LogP contribution in [0.15, 0.2) is 106 Å². The Hall–Kier alpha value is -2.56. The third kappa shape index (κ3) is 3.06. The van der Waals surface area contributed by atoms with E-state index >= 15 is 0 Å². The summed E-state index contributed by atoms with van der Waals surface area (Å²) >= 11 is 7.17. The lowest BCUT2D eigenvalue weighted by Crippen LogP contribution is -2.37. The number of hydrogen-bond donors (Lipinski definition) is 0. The van der Waals surface area contributed by atoms with Crippen molar-refractivity contribution in [1.82, 2.24) is 0 Å². The third-order valence-corrected chi connectivity index (χ3v) is 6.70. The van der Waals surface area contributed by atoms with Gasteiger partial charge in [-0.2, -0.15) is 0 Å². The summed E-state index contributed by atoms with van der Waals surface area (Å²) in [6.07, 6.45) is 6.43. The van der Waals surface area contributed by atoms with Gasteiger partial charge in [0.15, 0.2) is 0 Å². The first-order chi connectivity index (χ1) is 14.6. The number of benzene rings is 3. The van der Waals surface area contributed by atoms with Gasteiger partial charge in [-0.3, -0.25) is 0 Å². The van der Waals surface area contributed by atoms with E-state index in [1.807, 2.05) is 48.6 Å². The van der Waals surface area contributed by atoms with Crippen LogP contribution in [0.25, 0.3) is 0 Å². The highest BCUT2D eigenvalue weighted by Gasteiger charge is 2.48. The van der Waals surface area contributed by atoms with Gasteiger partial charge in [0.2, 0.25) is 0 Å². The molecular weight excluding hydrogens is 504 g/mol. The fourth-order valence-electron chi connectivity index (χ4n) is 4.35. The second-order valence-corrected chi connectivity index (χ2v) is 9.14. The lowest BCUT2D eigenvalue weighted by Gasteiger charge is -2.44. The lowest BCUT2D eigenvalue weighted by atomic mass is 9.64. The monoisotopic (exact) mass is 520 g/mol. The Balaban J connectivity index is 1.84. The molecule has 0 fully saturated rings. The molecular formula is C26H18Br2O2. The van der Waals surface area contributed by atoms with Crippen LogP contribution in [-0.2, 0) is 5.41 Å². The normalized spacial score (nSPS) is 17.4. The molecule has 0 bridgehead atoms. The zero-order chi connectivity index (χ0) is 20.7. The SMILES string of the molecule is C=C/C(Br)=C\C=C1/CC2(c3cc(Br)ccc3O1)c1ccccc1Oc1ccccc12. The van der Waals surface area contributed by atoms with Crippen LogP contribution in [0.4, 0.5) is 0 Å². The second kappa shape index (κ2) is 7.60. The van der Waals surface area contributed by atoms with Crippen molar-refractivity contribution in [2.24, 2.45) is 0 Å². The first-order valence-corrected chi connectivity index (χ1v) is 11.2. The van der Waals surface area contributed by atoms with Crippen LogP contribution in [0.1, 0.15) is 23.1 Å². The summed E-state index contributed by atoms with van der Waals surface area (Å²) < 4.78 is 14.6. The van der Waals surface area contributed by atoms with Gasteiger partial charge in [0, 0.05) is 32.1 Å². The molecule has 3 aromatic carbocycles. The smallest absolute Gasteiger partial charge is 0.131 e. The van der Waals surface area contributed by atoms with E-state index in [-0.39, 0.29) is 0 Å². The molecule has 1 spiro atoms. The van der Waals surface area contributed by atoms with Crippen LogP contribution in [0.3, 0.4) is 0 Å². The Morgan fingerprint density at radius 2 is 1.50 bits per heavy atom. The van der Waals surface area contributed by atoms with Gasteiger partial charge in [-0.15, -0.1) is 0 Å². The number of rotatable bonds is 2. The molecule has 0 saturated carbocycles. The van der Waals surface area contributed by atoms with Crippen LogP contribution in [-0.4, -0.2) is 0 Å². The number of fused-ring (bicyclic) bond motifs is 6. The number of ether oxygens (including phenoxy) is 2. The number of para-hydroxylation sites is 2. The average Bonchev–Trinajstić information content (AvgIpc) is 2.78. The van der Waals surface area contributed by atoms with Gasteiger partial charge in [0.1, 0.15) is 23.0 Å². The molecule has 2 aliphatic heterocycles. The molecule has 0 aliphatic carbocycles. The van der Waals surface area contributed by atoms with E-state index in [2.05, 4.69) is 68.8 Å². The summed E-state index contributed by atoms with van der Waals surface area (Å²) in [6, 6.07) is 22.8. The molecule has 0 atom stereocenters. The molecule has 30 heavy (non-hydrogen) atoms. The molecule has 2 nitrogen and oxygen atoms in total. The third-order valence-electron chi connectivity index (χ3n) is 5.62. The van der Waals surface area contributed by atoms with Crippen molar-refractivity contribution in [3.63, 3.8) is 0 Å². The van der Waals surface area contributed by atoms with Gasteiger partial charge in [0.25, 0.3) is 0 Å². The van der Waals surface area contributed by atoms with Gasteiger partial charge in [-0.1, -0.05) is 80.9 Å². The van der Waals surface area contributed by atoms with Gasteiger partial charge >= 0.3 is 0 Å². The summed E-state index contributed by atoms with van der Waals surface area (Å²) in [7, 11) is 0. The summed E-state index contributed by atoms with van der Waals surface area (Å²) in [6.45, 7) is 3.81. The van der Waals surface area contributed by atoms with E-state index in [1.54, 1.807) is 6.08 Å². The minimum Gasteiger partial charge on any atom is -0.461 e. The van der Waals surface area contributed by atoms with E-state index in [4.69, 9.17) is 9.47 Å². The molecule has 4 heteroatoms. The Kier molecular flexibility index (Phi) is 4.92. The van der Waals surface area contributed by atoms with Crippen molar-refractivity contribution in [2.45, 2.75) is 11.8 Å². The fourth-order valence-corrected chi connectivity index (χ4v) is 4.85. The predicted octanol–water partition coefficient (Wildman–Crippen LogP) is 8.02. The van der Waals surface area contributed by atoms with Crippen LogP contribution in [0.2, 0.25) is 0 Å². The van der Waals surface area contributed by atoms with Gasteiger partial charge < -0.3 is 9.47 Å². The molecule has 2 aliphatic rings. The van der Waals surface area contributed by atoms with E-state index in [9.17, 15) is 0 Å². The van der Waals surface area contributed by atoms with E-state index < -0.39 is 5.41 Å². The molecule has 0 amide bonds. The molecule has 0 radical (unpaired) electrons. The molecule has 0 saturated heterocycles. The molecule has 0 unspecified atom stereocenters. The highest BCUT2D eigenvalue weighted by molar-refractivity contribution is 9.12. The van der Waals surface area contributed by atoms with Crippen molar-refractivity contribution in [1.29, 1.82) is 0 Å². The van der Waals surface area contributed by atoms with E-state index in [1.165, 1.54) is 0 Å². The fraction of sp³-hybridized carbons (Fsp3) is 0.0769. The molecule has 148 valence electrons. The van der Waals surface area contributed by atoms with Crippen molar-refractivity contribution >= 4 is 31.9 Å². The lowest BCUT2D eigenvalue weighted by molar-refractivity contribution is 0.317. The first kappa shape index (κ1) is 19.4. The Morgan fingerprint density at radius 1 is 0.867 bits per heavy atom. The van der Waals surface area contributed by atoms with Gasteiger partial charge in [0.05, 0.1) is 5.41 Å². The van der Waals surface area contributed by atoms with Crippen molar-refractivity contribution in [3.8, 4) is 17.2 Å². The summed E-state index contributed by atoms with van der Waals surface area (Å²) in [5, 5.41) is 0. The Morgan fingerprint density at radius 3 is 2.17 bits per heavy atom. The number of halogens is 2. The van der Waals surface area contributed by atoms with Gasteiger partial charge in [-0.25, -0.2) is 0 Å². The average molecular weight is 522 g/mol. The maximum absolute atomic E-state index is 6.34. The van der Waals surface area contributed by atoms with Crippen LogP contribution < -0.4 is 9.47 Å². The summed E-state index contributed by atoms with van der Waals surface area (Å²) in [5.41, 5.74) is 3.00. The quantitative estimate of drug-likeness (QED) is 0.318. The van der Waals surface area contributed by atoms with Crippen molar-refractivity contribution in [3.05, 3.63) is 123 Å². The van der Waals surface area contributed by atoms with E-state index in [0.717, 1.165) is 48.7 Å². The van der Waals surface area contributed by atoms with Crippen molar-refractivity contribution < 1.29 is 9.47 Å². The first-order valence-electron chi connectivity index (χ1n) is 9.65. The van der Waals surface area contributed by atoms with E-state index in [0.29, 0.717) is 6.42 Å². The standard InChI is InChI=1S/C26H18Br2O2/c1-2-17(27)11-13-19-16-26(22-15-18(28)12-14-25(22)29-19)20-7-3-5-9-23(20)30-24-10-6-4-8-21(24)26/h2-15H,1,16H2/b17-11+,19-13+. The molecule has 5 rings (SSSR count). The molecule has 0 aromatic heterocycles. The maximum Gasteiger partial charge on any atom is 0.131 e. The largest absolute Gasteiger partial charge is 0.461 e. The molecule has 3 aromatic rings. The highest BCUT2D eigenvalue weighted by atomic mass is 79.9. The zero-order valence-electron chi connectivity index (χ0n) is 16.1. The predicted molar refractivity (Wildman–Crippen MR) is 128 cm³/mol. The Labute approximate surface area is 192 Å². The second-order valence-electron chi connectivity index (χ2n) is 7.31. The van der Waals surface area contributed by atoms with Crippen molar-refractivity contribution in [2.75, 3.05) is 0 Å². The number of hydrogen-bond acceptors (Lipinski definition) is 2. The minimum absolute atomic E-state index is 0.414. The number of allylic oxidation sites excluding steroid dienone is 5. The zero-order valence-corrected chi connectivity index (χ0v) is 19.2. The molecule has 2 heterocycles. The maximum atomic E-state index is 6.34. The minimum atomic E-state index is -0.414. The van der Waals surface area contributed by atoms with Crippen LogP contribution in [0.5, 0.6) is 17.2 Å². The topological polar surface area (TPSA) is 18.5 Å².